The van der Waals surface area contributed by atoms with Crippen molar-refractivity contribution in [2.24, 2.45) is 5.73 Å². The van der Waals surface area contributed by atoms with E-state index in [0.717, 1.165) is 31.5 Å². The molecule has 1 aliphatic rings. The summed E-state index contributed by atoms with van der Waals surface area (Å²) in [6.45, 7) is 1.78. The van der Waals surface area contributed by atoms with Crippen LogP contribution >= 0.6 is 0 Å². The fourth-order valence-electron chi connectivity index (χ4n) is 2.35. The molecule has 0 unspecified atom stereocenters. The van der Waals surface area contributed by atoms with Gasteiger partial charge in [0.05, 0.1) is 12.7 Å². The summed E-state index contributed by atoms with van der Waals surface area (Å²) in [4.78, 5) is 10.8. The molecule has 3 N–H and O–H groups in total. The summed E-state index contributed by atoms with van der Waals surface area (Å²) in [5.41, 5.74) is 6.72. The van der Waals surface area contributed by atoms with E-state index in [9.17, 15) is 0 Å². The van der Waals surface area contributed by atoms with Gasteiger partial charge in [0.15, 0.2) is 5.82 Å². The van der Waals surface area contributed by atoms with Crippen LogP contribution < -0.4 is 15.4 Å². The highest BCUT2D eigenvalue weighted by Gasteiger charge is 2.20. The van der Waals surface area contributed by atoms with Gasteiger partial charge in [-0.3, -0.25) is 5.10 Å². The van der Waals surface area contributed by atoms with Gasteiger partial charge in [-0.25, -0.2) is 4.98 Å². The molecule has 1 saturated heterocycles. The molecule has 3 heterocycles. The Morgan fingerprint density at radius 2 is 2.20 bits per heavy atom. The summed E-state index contributed by atoms with van der Waals surface area (Å²) < 4.78 is 5.24. The van der Waals surface area contributed by atoms with Crippen LogP contribution in [0.25, 0.3) is 11.4 Å². The first kappa shape index (κ1) is 12.9. The van der Waals surface area contributed by atoms with Gasteiger partial charge in [-0.15, -0.1) is 5.10 Å². The largest absolute Gasteiger partial charge is 0.480 e. The number of rotatable bonds is 3. The minimum atomic E-state index is 0.295. The Bertz CT molecular complexity index is 576. The first-order chi connectivity index (χ1) is 9.78. The number of pyridine rings is 1. The van der Waals surface area contributed by atoms with Crippen LogP contribution in [0, 0.1) is 0 Å². The van der Waals surface area contributed by atoms with Crippen molar-refractivity contribution in [2.75, 3.05) is 25.1 Å². The van der Waals surface area contributed by atoms with Crippen molar-refractivity contribution in [3.8, 4) is 17.3 Å². The molecule has 0 aliphatic carbocycles. The van der Waals surface area contributed by atoms with Crippen LogP contribution in [0.5, 0.6) is 5.88 Å². The van der Waals surface area contributed by atoms with E-state index in [1.807, 2.05) is 12.1 Å². The van der Waals surface area contributed by atoms with Crippen LogP contribution in [0.3, 0.4) is 0 Å². The van der Waals surface area contributed by atoms with Gasteiger partial charge in [-0.2, -0.15) is 4.98 Å². The predicted molar refractivity (Wildman–Crippen MR) is 75.6 cm³/mol. The first-order valence-electron chi connectivity index (χ1n) is 6.70. The van der Waals surface area contributed by atoms with Crippen LogP contribution in [0.15, 0.2) is 18.3 Å². The van der Waals surface area contributed by atoms with E-state index in [1.54, 1.807) is 13.3 Å². The Kier molecular flexibility index (Phi) is 3.51. The van der Waals surface area contributed by atoms with E-state index in [-0.39, 0.29) is 0 Å². The summed E-state index contributed by atoms with van der Waals surface area (Å²) >= 11 is 0. The lowest BCUT2D eigenvalue weighted by Crippen LogP contribution is -2.40. The number of nitrogens with one attached hydrogen (secondary N) is 1. The molecule has 2 aromatic rings. The SMILES string of the molecule is COc1ncccc1-c1nc(N2CCC(N)CC2)n[nH]1. The Morgan fingerprint density at radius 3 is 2.95 bits per heavy atom. The second-order valence-electron chi connectivity index (χ2n) is 4.87. The minimum Gasteiger partial charge on any atom is -0.480 e. The maximum absolute atomic E-state index is 5.91. The summed E-state index contributed by atoms with van der Waals surface area (Å²) in [7, 11) is 1.59. The van der Waals surface area contributed by atoms with Crippen LogP contribution in [-0.4, -0.2) is 46.4 Å². The van der Waals surface area contributed by atoms with Crippen LogP contribution in [0.1, 0.15) is 12.8 Å². The van der Waals surface area contributed by atoms with Crippen LogP contribution in [-0.2, 0) is 0 Å². The smallest absolute Gasteiger partial charge is 0.245 e. The van der Waals surface area contributed by atoms with Crippen LogP contribution in [0.4, 0.5) is 5.95 Å². The molecule has 0 amide bonds. The van der Waals surface area contributed by atoms with E-state index >= 15 is 0 Å². The molecule has 7 heteroatoms. The number of anilines is 1. The third kappa shape index (κ3) is 2.44. The molecule has 2 aromatic heterocycles. The average Bonchev–Trinajstić information content (AvgIpc) is 2.97. The van der Waals surface area contributed by atoms with Gasteiger partial charge >= 0.3 is 0 Å². The number of aromatic nitrogens is 4. The van der Waals surface area contributed by atoms with Gasteiger partial charge in [0.1, 0.15) is 0 Å². The number of aromatic amines is 1. The fourth-order valence-corrected chi connectivity index (χ4v) is 2.35. The molecule has 0 saturated carbocycles. The van der Waals surface area contributed by atoms with E-state index < -0.39 is 0 Å². The fraction of sp³-hybridized carbons (Fsp3) is 0.462. The van der Waals surface area contributed by atoms with Crippen molar-refractivity contribution in [1.82, 2.24) is 20.2 Å². The lowest BCUT2D eigenvalue weighted by molar-refractivity contribution is 0.399. The average molecular weight is 274 g/mol. The van der Waals surface area contributed by atoms with Crippen molar-refractivity contribution < 1.29 is 4.74 Å². The summed E-state index contributed by atoms with van der Waals surface area (Å²) in [5.74, 6) is 1.91. The maximum Gasteiger partial charge on any atom is 0.245 e. The quantitative estimate of drug-likeness (QED) is 0.860. The zero-order valence-electron chi connectivity index (χ0n) is 11.4. The molecule has 0 spiro atoms. The Morgan fingerprint density at radius 1 is 1.40 bits per heavy atom. The van der Waals surface area contributed by atoms with Gasteiger partial charge < -0.3 is 15.4 Å². The maximum atomic E-state index is 5.91. The standard InChI is InChI=1S/C13H18N6O/c1-20-12-10(3-2-6-15-12)11-16-13(18-17-11)19-7-4-9(14)5-8-19/h2-3,6,9H,4-5,7-8,14H2,1H3,(H,16,17,18). The number of ether oxygens (including phenoxy) is 1. The summed E-state index contributed by atoms with van der Waals surface area (Å²) in [5, 5.41) is 7.23. The predicted octanol–water partition coefficient (Wildman–Crippen LogP) is 0.803. The zero-order chi connectivity index (χ0) is 13.9. The highest BCUT2D eigenvalue weighted by Crippen LogP contribution is 2.26. The number of nitrogens with two attached hydrogens (primary N) is 1. The lowest BCUT2D eigenvalue weighted by atomic mass is 10.1. The number of hydrogen-bond donors (Lipinski definition) is 2. The molecule has 0 radical (unpaired) electrons. The molecule has 20 heavy (non-hydrogen) atoms. The number of nitrogens with zero attached hydrogens (tertiary/aromatic N) is 4. The Labute approximate surface area is 117 Å². The van der Waals surface area contributed by atoms with E-state index in [2.05, 4.69) is 25.1 Å². The normalized spacial score (nSPS) is 16.4. The number of methoxy groups -OCH3 is 1. The van der Waals surface area contributed by atoms with Gasteiger partial charge in [0.25, 0.3) is 0 Å². The highest BCUT2D eigenvalue weighted by molar-refractivity contribution is 5.62. The van der Waals surface area contributed by atoms with Crippen molar-refractivity contribution >= 4 is 5.95 Å². The molecule has 0 aromatic carbocycles. The molecular formula is C13H18N6O. The van der Waals surface area contributed by atoms with Gasteiger partial charge in [-0.1, -0.05) is 0 Å². The molecule has 1 aliphatic heterocycles. The zero-order valence-corrected chi connectivity index (χ0v) is 11.4. The second-order valence-corrected chi connectivity index (χ2v) is 4.87. The molecule has 0 atom stereocenters. The van der Waals surface area contributed by atoms with Gasteiger partial charge in [0.2, 0.25) is 11.8 Å². The van der Waals surface area contributed by atoms with Gasteiger partial charge in [-0.05, 0) is 25.0 Å². The van der Waals surface area contributed by atoms with E-state index in [4.69, 9.17) is 10.5 Å². The first-order valence-corrected chi connectivity index (χ1v) is 6.70. The van der Waals surface area contributed by atoms with E-state index in [1.165, 1.54) is 0 Å². The van der Waals surface area contributed by atoms with E-state index in [0.29, 0.717) is 23.7 Å². The molecule has 1 fully saturated rings. The van der Waals surface area contributed by atoms with Crippen molar-refractivity contribution in [3.63, 3.8) is 0 Å². The monoisotopic (exact) mass is 274 g/mol. The van der Waals surface area contributed by atoms with Gasteiger partial charge in [0, 0.05) is 25.3 Å². The Balaban J connectivity index is 1.83. The van der Waals surface area contributed by atoms with Crippen molar-refractivity contribution in [3.05, 3.63) is 18.3 Å². The molecule has 7 nitrogen and oxygen atoms in total. The lowest BCUT2D eigenvalue weighted by Gasteiger charge is -2.28. The Hall–Kier alpha value is -2.15. The number of H-pyrrole nitrogens is 1. The molecular weight excluding hydrogens is 256 g/mol. The third-order valence-corrected chi connectivity index (χ3v) is 3.52. The van der Waals surface area contributed by atoms with Crippen molar-refractivity contribution in [2.45, 2.75) is 18.9 Å². The topological polar surface area (TPSA) is 93.0 Å². The number of hydrogen-bond acceptors (Lipinski definition) is 6. The molecule has 106 valence electrons. The highest BCUT2D eigenvalue weighted by atomic mass is 16.5. The number of piperidine rings is 1. The molecule has 3 rings (SSSR count). The third-order valence-electron chi connectivity index (χ3n) is 3.52. The van der Waals surface area contributed by atoms with Crippen LogP contribution in [0.2, 0.25) is 0 Å². The minimum absolute atomic E-state index is 0.295. The summed E-state index contributed by atoms with van der Waals surface area (Å²) in [6, 6.07) is 4.05. The van der Waals surface area contributed by atoms with Crippen molar-refractivity contribution in [1.29, 1.82) is 0 Å². The molecule has 0 bridgehead atoms. The second kappa shape index (κ2) is 5.46. The summed E-state index contributed by atoms with van der Waals surface area (Å²) in [6.07, 6.45) is 3.63.